The third-order valence-electron chi connectivity index (χ3n) is 6.72. The van der Waals surface area contributed by atoms with E-state index >= 15 is 0 Å². The Labute approximate surface area is 255 Å². The van der Waals surface area contributed by atoms with E-state index in [4.69, 9.17) is 23.7 Å². The van der Waals surface area contributed by atoms with Crippen LogP contribution < -0.4 is 0 Å². The molecule has 0 aliphatic carbocycles. The molecule has 1 fully saturated rings. The zero-order valence-corrected chi connectivity index (χ0v) is 28.7. The fraction of sp³-hybridized carbons (Fsp3) is 0.867. The van der Waals surface area contributed by atoms with Crippen LogP contribution >= 0.6 is 10.0 Å². The van der Waals surface area contributed by atoms with E-state index in [1.807, 2.05) is 0 Å². The van der Waals surface area contributed by atoms with Crippen molar-refractivity contribution in [3.63, 3.8) is 0 Å². The van der Waals surface area contributed by atoms with Gasteiger partial charge < -0.3 is 0 Å². The van der Waals surface area contributed by atoms with E-state index in [1.165, 1.54) is 91.9 Å². The molecule has 1 aliphatic heterocycles. The molecule has 0 bridgehead atoms. The third kappa shape index (κ3) is 16.8. The topological polar surface area (TPSA) is 114 Å². The minimum absolute atomic E-state index is 0.184. The molecule has 41 heavy (non-hydrogen) atoms. The van der Waals surface area contributed by atoms with Gasteiger partial charge in [0.2, 0.25) is 0 Å². The van der Waals surface area contributed by atoms with Crippen LogP contribution in [-0.4, -0.2) is 73.8 Å². The predicted molar refractivity (Wildman–Crippen MR) is 162 cm³/mol. The fourth-order valence-electron chi connectivity index (χ4n) is 4.77. The van der Waals surface area contributed by atoms with Crippen LogP contribution in [0.5, 0.6) is 0 Å². The van der Waals surface area contributed by atoms with Crippen molar-refractivity contribution < 1.29 is 42.9 Å². The number of rotatable bonds is 21. The number of esters is 4. The first kappa shape index (κ1) is 37.8. The average Bonchev–Trinajstić information content (AvgIpc) is 2.89. The van der Waals surface area contributed by atoms with E-state index in [0.717, 1.165) is 23.3 Å². The predicted octanol–water partition coefficient (Wildman–Crippen LogP) is 6.52. The Bertz CT molecular complexity index is 765. The molecule has 0 saturated carbocycles. The molecular weight excluding hydrogens is 611 g/mol. The summed E-state index contributed by atoms with van der Waals surface area (Å²) in [4.78, 5) is 48.0. The van der Waals surface area contributed by atoms with E-state index in [0.29, 0.717) is 0 Å². The summed E-state index contributed by atoms with van der Waals surface area (Å²) in [7, 11) is 1.72. The Morgan fingerprint density at radius 1 is 0.610 bits per heavy atom. The SMILES string of the molecule is CCCCCCCC[As](CCCCCCCC)SC1OC(COC(C)=O)C(OC(C)=O)C(OC(C)=O)C1OC(C)=O. The summed E-state index contributed by atoms with van der Waals surface area (Å²) >= 11 is -1.53. The van der Waals surface area contributed by atoms with Gasteiger partial charge in [-0.3, -0.25) is 0 Å². The van der Waals surface area contributed by atoms with Crippen LogP contribution in [0, 0.1) is 0 Å². The normalized spacial score (nSPS) is 22.3. The van der Waals surface area contributed by atoms with Crippen LogP contribution in [0.4, 0.5) is 0 Å². The first-order valence-electron chi connectivity index (χ1n) is 15.3. The molecule has 0 aromatic rings. The van der Waals surface area contributed by atoms with Gasteiger partial charge in [-0.1, -0.05) is 0 Å². The number of carbonyl (C=O) groups is 4. The van der Waals surface area contributed by atoms with Gasteiger partial charge in [0.25, 0.3) is 0 Å². The molecule has 1 saturated heterocycles. The van der Waals surface area contributed by atoms with Crippen molar-refractivity contribution in [3.05, 3.63) is 0 Å². The van der Waals surface area contributed by atoms with Crippen LogP contribution in [-0.2, 0) is 42.9 Å². The van der Waals surface area contributed by atoms with Crippen molar-refractivity contribution in [1.29, 1.82) is 0 Å². The number of hydrogen-bond donors (Lipinski definition) is 0. The van der Waals surface area contributed by atoms with Gasteiger partial charge in [0, 0.05) is 0 Å². The van der Waals surface area contributed by atoms with Gasteiger partial charge in [0.1, 0.15) is 0 Å². The summed E-state index contributed by atoms with van der Waals surface area (Å²) in [5, 5.41) is 2.26. The Hall–Kier alpha value is -1.25. The zero-order chi connectivity index (χ0) is 30.6. The molecule has 0 radical (unpaired) electrons. The van der Waals surface area contributed by atoms with Crippen LogP contribution in [0.1, 0.15) is 119 Å². The number of ether oxygens (including phenoxy) is 5. The van der Waals surface area contributed by atoms with Crippen molar-refractivity contribution >= 4 is 47.4 Å². The van der Waals surface area contributed by atoms with E-state index in [2.05, 4.69) is 13.8 Å². The molecule has 5 atom stereocenters. The van der Waals surface area contributed by atoms with Crippen molar-refractivity contribution in [2.24, 2.45) is 0 Å². The van der Waals surface area contributed by atoms with E-state index in [-0.39, 0.29) is 6.61 Å². The van der Waals surface area contributed by atoms with Gasteiger partial charge in [0.05, 0.1) is 0 Å². The van der Waals surface area contributed by atoms with Crippen LogP contribution in [0.25, 0.3) is 0 Å². The van der Waals surface area contributed by atoms with Crippen molar-refractivity contribution in [3.8, 4) is 0 Å². The van der Waals surface area contributed by atoms with Crippen LogP contribution in [0.15, 0.2) is 0 Å². The summed E-state index contributed by atoms with van der Waals surface area (Å²) in [6.07, 6.45) is 10.6. The molecule has 238 valence electrons. The van der Waals surface area contributed by atoms with E-state index in [1.54, 1.807) is 10.0 Å². The fourth-order valence-corrected chi connectivity index (χ4v) is 14.3. The summed E-state index contributed by atoms with van der Waals surface area (Å²) < 4.78 is 28.5. The molecule has 1 rings (SSSR count). The van der Waals surface area contributed by atoms with Crippen molar-refractivity contribution in [1.82, 2.24) is 0 Å². The Morgan fingerprint density at radius 2 is 1.05 bits per heavy atom. The Kier molecular flexibility index (Phi) is 20.6. The number of carbonyl (C=O) groups excluding carboxylic acids is 4. The van der Waals surface area contributed by atoms with E-state index in [9.17, 15) is 19.2 Å². The van der Waals surface area contributed by atoms with Gasteiger partial charge in [-0.15, -0.1) is 0 Å². The molecule has 11 heteroatoms. The molecule has 5 unspecified atom stereocenters. The molecule has 0 spiro atoms. The average molecular weight is 665 g/mol. The van der Waals surface area contributed by atoms with Crippen molar-refractivity contribution in [2.45, 2.75) is 159 Å². The maximum atomic E-state index is 12.2. The molecule has 1 aliphatic rings. The van der Waals surface area contributed by atoms with Crippen molar-refractivity contribution in [2.75, 3.05) is 6.61 Å². The maximum absolute atomic E-state index is 12.2. The van der Waals surface area contributed by atoms with E-state index < -0.39 is 67.2 Å². The van der Waals surface area contributed by atoms with Gasteiger partial charge in [-0.25, -0.2) is 0 Å². The Balaban J connectivity index is 3.18. The molecule has 0 aromatic heterocycles. The van der Waals surface area contributed by atoms with Gasteiger partial charge >= 0.3 is 256 Å². The molecule has 0 N–H and O–H groups in total. The van der Waals surface area contributed by atoms with Gasteiger partial charge in [-0.2, -0.15) is 0 Å². The summed E-state index contributed by atoms with van der Waals surface area (Å²) in [6, 6.07) is 0. The second-order valence-corrected chi connectivity index (χ2v) is 19.2. The number of unbranched alkanes of at least 4 members (excludes halogenated alkanes) is 10. The first-order valence-corrected chi connectivity index (χ1v) is 21.1. The molecule has 9 nitrogen and oxygen atoms in total. The summed E-state index contributed by atoms with van der Waals surface area (Å²) in [5.41, 5.74) is -0.643. The van der Waals surface area contributed by atoms with Gasteiger partial charge in [-0.05, 0) is 0 Å². The summed E-state index contributed by atoms with van der Waals surface area (Å²) in [5.74, 6) is -2.28. The zero-order valence-electron chi connectivity index (χ0n) is 26.0. The minimum atomic E-state index is -1.53. The van der Waals surface area contributed by atoms with Crippen LogP contribution in [0.3, 0.4) is 0 Å². The first-order chi connectivity index (χ1) is 19.6. The molecule has 1 heterocycles. The quantitative estimate of drug-likeness (QED) is 0.0582. The second kappa shape index (κ2) is 22.3. The third-order valence-corrected chi connectivity index (χ3v) is 16.1. The van der Waals surface area contributed by atoms with Crippen LogP contribution in [0.2, 0.25) is 10.4 Å². The number of hydrogen-bond acceptors (Lipinski definition) is 10. The molecular formula is C30H53AsO9S. The standard InChI is InChI=1S/C30H53AsO9S/c1-7-9-11-13-15-17-19-31(20-18-16-14-12-10-8-2)41-30-29(39-25(6)35)28(38-24(5)34)27(37-23(4)33)26(40-30)21-36-22(3)32/h26-30H,7-21H2,1-6H3. The Morgan fingerprint density at radius 3 is 1.51 bits per heavy atom. The molecule has 0 aromatic carbocycles. The second-order valence-electron chi connectivity index (χ2n) is 10.6. The molecule has 0 amide bonds. The van der Waals surface area contributed by atoms with Gasteiger partial charge in [0.15, 0.2) is 0 Å². The monoisotopic (exact) mass is 664 g/mol. The summed E-state index contributed by atoms with van der Waals surface area (Å²) in [6.45, 7) is 9.31.